The van der Waals surface area contributed by atoms with Gasteiger partial charge >= 0.3 is 0 Å². The van der Waals surface area contributed by atoms with E-state index in [-0.39, 0.29) is 0 Å². The maximum absolute atomic E-state index is 5.06. The van der Waals surface area contributed by atoms with Gasteiger partial charge in [0.15, 0.2) is 0 Å². The normalized spacial score (nSPS) is 12.0. The highest BCUT2D eigenvalue weighted by Gasteiger charge is 2.16. The molecule has 0 saturated heterocycles. The first-order valence-electron chi connectivity index (χ1n) is 5.82. The van der Waals surface area contributed by atoms with E-state index in [1.165, 1.54) is 25.7 Å². The Morgan fingerprint density at radius 1 is 1.14 bits per heavy atom. The molecule has 0 bridgehead atoms. The van der Waals surface area contributed by atoms with Crippen LogP contribution in [0.2, 0.25) is 0 Å². The van der Waals surface area contributed by atoms with Gasteiger partial charge < -0.3 is 10.1 Å². The van der Waals surface area contributed by atoms with Crippen LogP contribution < -0.4 is 5.32 Å². The summed E-state index contributed by atoms with van der Waals surface area (Å²) in [6.07, 6.45) is 4.92. The molecule has 0 radical (unpaired) electrons. The van der Waals surface area contributed by atoms with Gasteiger partial charge in [-0.2, -0.15) is 0 Å². The lowest BCUT2D eigenvalue weighted by atomic mass is 9.84. The largest absolute Gasteiger partial charge is 0.385 e. The van der Waals surface area contributed by atoms with Crippen LogP contribution in [-0.4, -0.2) is 26.8 Å². The zero-order chi connectivity index (χ0) is 10.9. The van der Waals surface area contributed by atoms with Crippen LogP contribution in [0.5, 0.6) is 0 Å². The third-order valence-corrected chi connectivity index (χ3v) is 2.61. The second kappa shape index (κ2) is 8.25. The van der Waals surface area contributed by atoms with Gasteiger partial charge in [-0.25, -0.2) is 0 Å². The summed E-state index contributed by atoms with van der Waals surface area (Å²) in [6, 6.07) is 0. The lowest BCUT2D eigenvalue weighted by Gasteiger charge is -2.24. The summed E-state index contributed by atoms with van der Waals surface area (Å²) in [5, 5.41) is 3.45. The Balaban J connectivity index is 3.40. The Kier molecular flexibility index (Phi) is 8.20. The van der Waals surface area contributed by atoms with E-state index >= 15 is 0 Å². The maximum atomic E-state index is 5.06. The van der Waals surface area contributed by atoms with Crippen molar-refractivity contribution >= 4 is 0 Å². The monoisotopic (exact) mass is 201 g/mol. The summed E-state index contributed by atoms with van der Waals surface area (Å²) in [5.74, 6) is 0. The quantitative estimate of drug-likeness (QED) is 0.579. The van der Waals surface area contributed by atoms with E-state index in [0.717, 1.165) is 19.7 Å². The molecule has 0 amide bonds. The van der Waals surface area contributed by atoms with Crippen LogP contribution >= 0.6 is 0 Å². The minimum atomic E-state index is 0.458. The van der Waals surface area contributed by atoms with Crippen molar-refractivity contribution in [2.75, 3.05) is 26.8 Å². The Morgan fingerprint density at radius 3 is 2.43 bits per heavy atom. The zero-order valence-corrected chi connectivity index (χ0v) is 10.4. The maximum Gasteiger partial charge on any atom is 0.0462 e. The molecule has 86 valence electrons. The van der Waals surface area contributed by atoms with E-state index < -0.39 is 0 Å². The van der Waals surface area contributed by atoms with Crippen LogP contribution in [0, 0.1) is 5.41 Å². The molecular formula is C12H27NO. The summed E-state index contributed by atoms with van der Waals surface area (Å²) in [5.41, 5.74) is 0.458. The van der Waals surface area contributed by atoms with Crippen LogP contribution in [0.1, 0.15) is 46.5 Å². The zero-order valence-electron chi connectivity index (χ0n) is 10.4. The molecule has 0 rings (SSSR count). The fourth-order valence-electron chi connectivity index (χ4n) is 1.55. The lowest BCUT2D eigenvalue weighted by Crippen LogP contribution is -2.23. The SMILES string of the molecule is CCCNCCC(C)(C)CCCOC. The van der Waals surface area contributed by atoms with Crippen molar-refractivity contribution in [3.63, 3.8) is 0 Å². The summed E-state index contributed by atoms with van der Waals surface area (Å²) in [7, 11) is 1.77. The topological polar surface area (TPSA) is 21.3 Å². The number of ether oxygens (including phenoxy) is 1. The first-order chi connectivity index (χ1) is 6.62. The Hall–Kier alpha value is -0.0800. The van der Waals surface area contributed by atoms with Crippen LogP contribution in [0.4, 0.5) is 0 Å². The highest BCUT2D eigenvalue weighted by Crippen LogP contribution is 2.25. The minimum Gasteiger partial charge on any atom is -0.385 e. The van der Waals surface area contributed by atoms with E-state index in [1.807, 2.05) is 0 Å². The molecule has 0 aromatic rings. The Morgan fingerprint density at radius 2 is 1.86 bits per heavy atom. The predicted molar refractivity (Wildman–Crippen MR) is 62.7 cm³/mol. The summed E-state index contributed by atoms with van der Waals surface area (Å²) in [4.78, 5) is 0. The molecule has 0 aliphatic carbocycles. The third kappa shape index (κ3) is 8.52. The lowest BCUT2D eigenvalue weighted by molar-refractivity contribution is 0.172. The molecule has 14 heavy (non-hydrogen) atoms. The fraction of sp³-hybridized carbons (Fsp3) is 1.00. The van der Waals surface area contributed by atoms with Gasteiger partial charge in [0.05, 0.1) is 0 Å². The van der Waals surface area contributed by atoms with Crippen molar-refractivity contribution in [2.24, 2.45) is 5.41 Å². The van der Waals surface area contributed by atoms with Crippen molar-refractivity contribution in [2.45, 2.75) is 46.5 Å². The number of hydrogen-bond donors (Lipinski definition) is 1. The third-order valence-electron chi connectivity index (χ3n) is 2.61. The number of methoxy groups -OCH3 is 1. The molecule has 2 nitrogen and oxygen atoms in total. The van der Waals surface area contributed by atoms with E-state index in [2.05, 4.69) is 26.1 Å². The van der Waals surface area contributed by atoms with Crippen LogP contribution in [0.15, 0.2) is 0 Å². The fourth-order valence-corrected chi connectivity index (χ4v) is 1.55. The van der Waals surface area contributed by atoms with Crippen molar-refractivity contribution in [1.29, 1.82) is 0 Å². The first kappa shape index (κ1) is 13.9. The van der Waals surface area contributed by atoms with Gasteiger partial charge in [-0.3, -0.25) is 0 Å². The van der Waals surface area contributed by atoms with Gasteiger partial charge in [0, 0.05) is 13.7 Å². The molecule has 0 saturated carbocycles. The van der Waals surface area contributed by atoms with E-state index in [4.69, 9.17) is 4.74 Å². The van der Waals surface area contributed by atoms with Crippen LogP contribution in [-0.2, 0) is 4.74 Å². The molecule has 2 heteroatoms. The van der Waals surface area contributed by atoms with Gasteiger partial charge in [-0.15, -0.1) is 0 Å². The molecule has 1 N–H and O–H groups in total. The van der Waals surface area contributed by atoms with Crippen molar-refractivity contribution in [1.82, 2.24) is 5.32 Å². The van der Waals surface area contributed by atoms with Crippen molar-refractivity contribution < 1.29 is 4.74 Å². The molecular weight excluding hydrogens is 174 g/mol. The summed E-state index contributed by atoms with van der Waals surface area (Å²) < 4.78 is 5.06. The summed E-state index contributed by atoms with van der Waals surface area (Å²) in [6.45, 7) is 10.1. The van der Waals surface area contributed by atoms with Crippen molar-refractivity contribution in [3.8, 4) is 0 Å². The second-order valence-electron chi connectivity index (χ2n) is 4.76. The smallest absolute Gasteiger partial charge is 0.0462 e. The van der Waals surface area contributed by atoms with Crippen LogP contribution in [0.3, 0.4) is 0 Å². The molecule has 0 unspecified atom stereocenters. The van der Waals surface area contributed by atoms with Gasteiger partial charge in [-0.1, -0.05) is 20.8 Å². The number of hydrogen-bond acceptors (Lipinski definition) is 2. The minimum absolute atomic E-state index is 0.458. The van der Waals surface area contributed by atoms with Gasteiger partial charge in [0.25, 0.3) is 0 Å². The number of nitrogens with one attached hydrogen (secondary N) is 1. The Bertz CT molecular complexity index is 123. The average Bonchev–Trinajstić information content (AvgIpc) is 2.13. The molecule has 0 atom stereocenters. The first-order valence-corrected chi connectivity index (χ1v) is 5.82. The van der Waals surface area contributed by atoms with Crippen LogP contribution in [0.25, 0.3) is 0 Å². The number of rotatable bonds is 9. The highest BCUT2D eigenvalue weighted by atomic mass is 16.5. The van der Waals surface area contributed by atoms with Gasteiger partial charge in [-0.05, 0) is 44.2 Å². The second-order valence-corrected chi connectivity index (χ2v) is 4.76. The standard InChI is InChI=1S/C12H27NO/c1-5-9-13-10-8-12(2,3)7-6-11-14-4/h13H,5-11H2,1-4H3. The average molecular weight is 201 g/mol. The molecule has 0 spiro atoms. The van der Waals surface area contributed by atoms with E-state index in [1.54, 1.807) is 7.11 Å². The van der Waals surface area contributed by atoms with E-state index in [9.17, 15) is 0 Å². The molecule has 0 aliphatic heterocycles. The molecule has 0 aliphatic rings. The molecule has 0 fully saturated rings. The van der Waals surface area contributed by atoms with E-state index in [0.29, 0.717) is 5.41 Å². The van der Waals surface area contributed by atoms with Gasteiger partial charge in [0.1, 0.15) is 0 Å². The van der Waals surface area contributed by atoms with Gasteiger partial charge in [0.2, 0.25) is 0 Å². The Labute approximate surface area is 89.4 Å². The molecule has 0 aromatic carbocycles. The molecule has 0 aromatic heterocycles. The van der Waals surface area contributed by atoms with Crippen molar-refractivity contribution in [3.05, 3.63) is 0 Å². The summed E-state index contributed by atoms with van der Waals surface area (Å²) >= 11 is 0. The highest BCUT2D eigenvalue weighted by molar-refractivity contribution is 4.69. The predicted octanol–water partition coefficient (Wildman–Crippen LogP) is 2.83. The molecule has 0 heterocycles.